The van der Waals surface area contributed by atoms with Crippen LogP contribution in [0, 0.1) is 0 Å². The van der Waals surface area contributed by atoms with Gasteiger partial charge in [0, 0.05) is 24.0 Å². The number of benzene rings is 4. The molecule has 6 heteroatoms. The number of nitrogens with zero attached hydrogens (tertiary/aromatic N) is 2. The lowest BCUT2D eigenvalue weighted by Gasteiger charge is -2.36. The van der Waals surface area contributed by atoms with Crippen LogP contribution >= 0.6 is 0 Å². The minimum Gasteiger partial charge on any atom is -0.405 e. The Bertz CT molecular complexity index is 1420. The molecule has 186 valence electrons. The second-order valence-corrected chi connectivity index (χ2v) is 9.39. The van der Waals surface area contributed by atoms with Crippen LogP contribution in [0.15, 0.2) is 131 Å². The highest BCUT2D eigenvalue weighted by molar-refractivity contribution is 6.15. The van der Waals surface area contributed by atoms with Crippen LogP contribution in [0.4, 0.5) is 0 Å². The van der Waals surface area contributed by atoms with E-state index in [1.165, 1.54) is 0 Å². The fraction of sp³-hybridized carbons (Fsp3) is 0.125. The minimum atomic E-state index is -1.69. The van der Waals surface area contributed by atoms with E-state index < -0.39 is 23.0 Å². The van der Waals surface area contributed by atoms with Crippen molar-refractivity contribution in [3.05, 3.63) is 144 Å². The molecule has 4 aromatic rings. The van der Waals surface area contributed by atoms with Gasteiger partial charge in [-0.25, -0.2) is 19.6 Å². The van der Waals surface area contributed by atoms with Crippen molar-refractivity contribution in [2.45, 2.75) is 23.9 Å². The first-order valence-electron chi connectivity index (χ1n) is 12.4. The molecule has 38 heavy (non-hydrogen) atoms. The van der Waals surface area contributed by atoms with Crippen LogP contribution < -0.4 is 0 Å². The van der Waals surface area contributed by atoms with Crippen molar-refractivity contribution >= 4 is 23.7 Å². The molecule has 0 amide bonds. The van der Waals surface area contributed by atoms with Gasteiger partial charge in [-0.15, -0.1) is 0 Å². The average molecular weight is 501 g/mol. The molecule has 6 nitrogen and oxygen atoms in total. The maximum atomic E-state index is 14.0. The van der Waals surface area contributed by atoms with Crippen molar-refractivity contribution in [2.75, 3.05) is 0 Å². The molecule has 0 N–H and O–H groups in total. The zero-order valence-electron chi connectivity index (χ0n) is 20.5. The van der Waals surface area contributed by atoms with E-state index >= 15 is 0 Å². The molecular formula is C32H24N2O4. The van der Waals surface area contributed by atoms with E-state index in [4.69, 9.17) is 19.5 Å². The van der Waals surface area contributed by atoms with Crippen molar-refractivity contribution in [1.29, 1.82) is 0 Å². The molecule has 0 bridgehead atoms. The maximum absolute atomic E-state index is 14.0. The maximum Gasteiger partial charge on any atom is 0.344 e. The van der Waals surface area contributed by atoms with Gasteiger partial charge in [0.1, 0.15) is 0 Å². The second kappa shape index (κ2) is 9.56. The number of aliphatic imine (C=N–C) groups is 2. The Labute approximate surface area is 220 Å². The average Bonchev–Trinajstić information content (AvgIpc) is 3.48. The lowest BCUT2D eigenvalue weighted by atomic mass is 9.70. The highest BCUT2D eigenvalue weighted by Crippen LogP contribution is 2.45. The van der Waals surface area contributed by atoms with E-state index in [9.17, 15) is 9.59 Å². The number of esters is 2. The smallest absolute Gasteiger partial charge is 0.344 e. The third-order valence-corrected chi connectivity index (χ3v) is 6.97. The van der Waals surface area contributed by atoms with Crippen LogP contribution in [0.2, 0.25) is 0 Å². The van der Waals surface area contributed by atoms with E-state index in [1.54, 1.807) is 0 Å². The van der Waals surface area contributed by atoms with Gasteiger partial charge in [0.2, 0.25) is 22.9 Å². The number of ether oxygens (including phenoxy) is 2. The summed E-state index contributed by atoms with van der Waals surface area (Å²) in [5.41, 5.74) is -0.447. The molecule has 2 aliphatic rings. The summed E-state index contributed by atoms with van der Waals surface area (Å²) in [6.07, 6.45) is 0.215. The van der Waals surface area contributed by atoms with Crippen molar-refractivity contribution in [3.8, 4) is 0 Å². The molecule has 0 spiro atoms. The second-order valence-electron chi connectivity index (χ2n) is 9.39. The molecule has 4 aromatic carbocycles. The molecular weight excluding hydrogens is 476 g/mol. The van der Waals surface area contributed by atoms with E-state index in [0.717, 1.165) is 11.1 Å². The summed E-state index contributed by atoms with van der Waals surface area (Å²) in [5, 5.41) is 0. The summed E-state index contributed by atoms with van der Waals surface area (Å²) in [6.45, 7) is 0. The first-order valence-corrected chi connectivity index (χ1v) is 12.4. The third kappa shape index (κ3) is 4.00. The largest absolute Gasteiger partial charge is 0.405 e. The lowest BCUT2D eigenvalue weighted by Crippen LogP contribution is -2.61. The standard InChI is InChI=1S/C32H24N2O4/c35-29-31(21-23-13-5-1-6-14-23,33-27(37-29)25-17-9-3-10-18-25)32(22-24-15-7-2-8-16-24)30(36)38-28(34-32)26-19-11-4-12-20-26/h1-20H,21-22H2. The van der Waals surface area contributed by atoms with Gasteiger partial charge < -0.3 is 9.47 Å². The van der Waals surface area contributed by atoms with E-state index in [1.807, 2.05) is 121 Å². The first-order chi connectivity index (χ1) is 18.6. The van der Waals surface area contributed by atoms with Crippen LogP contribution in [0.3, 0.4) is 0 Å². The molecule has 0 aliphatic carbocycles. The SMILES string of the molecule is O=C1OC(c2ccccc2)=NC1(Cc1ccccc1)C1(Cc2ccccc2)N=C(c2ccccc2)OC1=O. The summed E-state index contributed by atoms with van der Waals surface area (Å²) >= 11 is 0. The van der Waals surface area contributed by atoms with Crippen LogP contribution in [0.5, 0.6) is 0 Å². The Morgan fingerprint density at radius 3 is 1.13 bits per heavy atom. The van der Waals surface area contributed by atoms with Gasteiger partial charge in [-0.2, -0.15) is 0 Å². The molecule has 0 saturated carbocycles. The molecule has 0 fully saturated rings. The zero-order valence-corrected chi connectivity index (χ0v) is 20.5. The summed E-state index contributed by atoms with van der Waals surface area (Å²) in [4.78, 5) is 37.9. The van der Waals surface area contributed by atoms with Gasteiger partial charge in [-0.1, -0.05) is 97.1 Å². The van der Waals surface area contributed by atoms with Gasteiger partial charge >= 0.3 is 11.9 Å². The van der Waals surface area contributed by atoms with Crippen molar-refractivity contribution < 1.29 is 19.1 Å². The third-order valence-electron chi connectivity index (χ3n) is 6.97. The highest BCUT2D eigenvalue weighted by Gasteiger charge is 2.68. The Balaban J connectivity index is 1.59. The predicted molar refractivity (Wildman–Crippen MR) is 144 cm³/mol. The molecule has 2 unspecified atom stereocenters. The molecule has 2 heterocycles. The summed E-state index contributed by atoms with van der Waals surface area (Å²) in [6, 6.07) is 37.4. The van der Waals surface area contributed by atoms with E-state index in [-0.39, 0.29) is 24.6 Å². The van der Waals surface area contributed by atoms with Crippen LogP contribution in [0.25, 0.3) is 0 Å². The van der Waals surface area contributed by atoms with Crippen molar-refractivity contribution in [2.24, 2.45) is 9.98 Å². The van der Waals surface area contributed by atoms with Gasteiger partial charge in [0.05, 0.1) is 0 Å². The van der Waals surface area contributed by atoms with E-state index in [0.29, 0.717) is 11.1 Å². The number of carbonyl (C=O) groups is 2. The Hall–Kier alpha value is -4.84. The summed E-state index contributed by atoms with van der Waals surface area (Å²) in [7, 11) is 0. The monoisotopic (exact) mass is 500 g/mol. The van der Waals surface area contributed by atoms with Crippen LogP contribution in [-0.4, -0.2) is 34.8 Å². The van der Waals surface area contributed by atoms with Crippen LogP contribution in [0.1, 0.15) is 22.3 Å². The van der Waals surface area contributed by atoms with Gasteiger partial charge in [-0.05, 0) is 35.4 Å². The molecule has 6 rings (SSSR count). The quantitative estimate of drug-likeness (QED) is 0.336. The number of hydrogen-bond donors (Lipinski definition) is 0. The number of cyclic esters (lactones) is 2. The number of carbonyl (C=O) groups excluding carboxylic acids is 2. The summed E-state index contributed by atoms with van der Waals surface area (Å²) < 4.78 is 11.7. The normalized spacial score (nSPS) is 22.4. The molecule has 0 radical (unpaired) electrons. The fourth-order valence-corrected chi connectivity index (χ4v) is 5.06. The topological polar surface area (TPSA) is 77.3 Å². The molecule has 0 saturated heterocycles. The van der Waals surface area contributed by atoms with E-state index in [2.05, 4.69) is 0 Å². The Kier molecular flexibility index (Phi) is 5.92. The van der Waals surface area contributed by atoms with Gasteiger partial charge in [0.15, 0.2) is 0 Å². The van der Waals surface area contributed by atoms with Gasteiger partial charge in [-0.3, -0.25) is 0 Å². The first kappa shape index (κ1) is 23.6. The molecule has 2 aliphatic heterocycles. The van der Waals surface area contributed by atoms with Crippen molar-refractivity contribution in [3.63, 3.8) is 0 Å². The zero-order chi connectivity index (χ0) is 26.0. The lowest BCUT2D eigenvalue weighted by molar-refractivity contribution is -0.151. The predicted octanol–water partition coefficient (Wildman–Crippen LogP) is 4.96. The fourth-order valence-electron chi connectivity index (χ4n) is 5.06. The van der Waals surface area contributed by atoms with Gasteiger partial charge in [0.25, 0.3) is 0 Å². The molecule has 2 atom stereocenters. The molecule has 0 aromatic heterocycles. The highest BCUT2D eigenvalue weighted by atomic mass is 16.6. The minimum absolute atomic E-state index is 0.108. The Morgan fingerprint density at radius 1 is 0.474 bits per heavy atom. The van der Waals surface area contributed by atoms with Crippen molar-refractivity contribution in [1.82, 2.24) is 0 Å². The summed E-state index contributed by atoms with van der Waals surface area (Å²) in [5.74, 6) is -0.942. The number of rotatable bonds is 7. The Morgan fingerprint density at radius 2 is 0.789 bits per heavy atom. The van der Waals surface area contributed by atoms with Crippen LogP contribution in [-0.2, 0) is 31.9 Å². The number of hydrogen-bond acceptors (Lipinski definition) is 6.